The van der Waals surface area contributed by atoms with E-state index in [0.717, 1.165) is 0 Å². The van der Waals surface area contributed by atoms with Crippen molar-refractivity contribution in [3.8, 4) is 0 Å². The topological polar surface area (TPSA) is 18.5 Å². The molecule has 3 heteroatoms. The number of ether oxygens (including phenoxy) is 1. The lowest BCUT2D eigenvalue weighted by molar-refractivity contribution is 0.0828. The van der Waals surface area contributed by atoms with Gasteiger partial charge in [0, 0.05) is 7.11 Å². The highest BCUT2D eigenvalue weighted by atomic mass is 28.4. The van der Waals surface area contributed by atoms with Gasteiger partial charge in [0.25, 0.3) is 0 Å². The summed E-state index contributed by atoms with van der Waals surface area (Å²) in [6.45, 7) is 14.0. The SMILES string of the molecule is COCC(C)O[Si](C)(C)C(C)(C)C. The molecule has 80 valence electrons. The van der Waals surface area contributed by atoms with E-state index in [1.807, 2.05) is 0 Å². The molecule has 0 amide bonds. The molecule has 1 unspecified atom stereocenters. The average molecular weight is 204 g/mol. The van der Waals surface area contributed by atoms with Gasteiger partial charge in [-0.2, -0.15) is 0 Å². The van der Waals surface area contributed by atoms with E-state index in [1.165, 1.54) is 0 Å². The molecule has 0 N–H and O–H groups in total. The molecule has 0 radical (unpaired) electrons. The third-order valence-corrected chi connectivity index (χ3v) is 7.31. The van der Waals surface area contributed by atoms with Crippen molar-refractivity contribution >= 4 is 8.32 Å². The maximum atomic E-state index is 6.06. The van der Waals surface area contributed by atoms with Crippen molar-refractivity contribution < 1.29 is 9.16 Å². The molecule has 0 saturated carbocycles. The highest BCUT2D eigenvalue weighted by Gasteiger charge is 2.38. The van der Waals surface area contributed by atoms with E-state index in [-0.39, 0.29) is 11.1 Å². The number of hydrogen-bond acceptors (Lipinski definition) is 2. The molecule has 0 aliphatic rings. The molecule has 0 fully saturated rings. The van der Waals surface area contributed by atoms with Crippen LogP contribution < -0.4 is 0 Å². The predicted molar refractivity (Wildman–Crippen MR) is 59.6 cm³/mol. The fourth-order valence-electron chi connectivity index (χ4n) is 0.948. The molecule has 0 aliphatic heterocycles. The Bertz CT molecular complexity index is 149. The quantitative estimate of drug-likeness (QED) is 0.655. The summed E-state index contributed by atoms with van der Waals surface area (Å²) in [5.74, 6) is 0. The van der Waals surface area contributed by atoms with Crippen molar-refractivity contribution in [2.45, 2.75) is 51.9 Å². The van der Waals surface area contributed by atoms with E-state index < -0.39 is 8.32 Å². The zero-order chi connectivity index (χ0) is 10.7. The average Bonchev–Trinajstić information content (AvgIpc) is 1.83. The minimum absolute atomic E-state index is 0.214. The van der Waals surface area contributed by atoms with Gasteiger partial charge in [0.2, 0.25) is 0 Å². The summed E-state index contributed by atoms with van der Waals surface area (Å²) in [4.78, 5) is 0. The molecular weight excluding hydrogens is 180 g/mol. The molecule has 1 atom stereocenters. The second kappa shape index (κ2) is 4.58. The van der Waals surface area contributed by atoms with E-state index in [2.05, 4.69) is 40.8 Å². The summed E-state index contributed by atoms with van der Waals surface area (Å²) in [6.07, 6.45) is 0.214. The molecule has 0 heterocycles. The van der Waals surface area contributed by atoms with Gasteiger partial charge in [-0.15, -0.1) is 0 Å². The van der Waals surface area contributed by atoms with Crippen LogP contribution in [0.3, 0.4) is 0 Å². The lowest BCUT2D eigenvalue weighted by Gasteiger charge is -2.38. The van der Waals surface area contributed by atoms with Crippen molar-refractivity contribution in [1.82, 2.24) is 0 Å². The van der Waals surface area contributed by atoms with Crippen LogP contribution in [0.1, 0.15) is 27.7 Å². The lowest BCUT2D eigenvalue weighted by Crippen LogP contribution is -2.44. The normalized spacial score (nSPS) is 15.9. The summed E-state index contributed by atoms with van der Waals surface area (Å²) < 4.78 is 11.1. The fraction of sp³-hybridized carbons (Fsp3) is 1.00. The molecule has 0 aliphatic carbocycles. The van der Waals surface area contributed by atoms with E-state index in [0.29, 0.717) is 6.61 Å². The standard InChI is InChI=1S/C10H24O2Si/c1-9(8-11-5)12-13(6,7)10(2,3)4/h9H,8H2,1-7H3. The van der Waals surface area contributed by atoms with Crippen molar-refractivity contribution in [2.24, 2.45) is 0 Å². The van der Waals surface area contributed by atoms with Crippen LogP contribution in [0.5, 0.6) is 0 Å². The van der Waals surface area contributed by atoms with E-state index in [9.17, 15) is 0 Å². The number of rotatable bonds is 4. The molecule has 13 heavy (non-hydrogen) atoms. The Labute approximate surface area is 83.8 Å². The van der Waals surface area contributed by atoms with Gasteiger partial charge in [-0.1, -0.05) is 20.8 Å². The van der Waals surface area contributed by atoms with Crippen LogP contribution in [-0.2, 0) is 9.16 Å². The van der Waals surface area contributed by atoms with Gasteiger partial charge in [-0.25, -0.2) is 0 Å². The first kappa shape index (κ1) is 13.1. The Morgan fingerprint density at radius 2 is 1.69 bits per heavy atom. The second-order valence-electron chi connectivity index (χ2n) is 5.14. The van der Waals surface area contributed by atoms with Crippen LogP contribution >= 0.6 is 0 Å². The lowest BCUT2D eigenvalue weighted by atomic mass is 10.2. The van der Waals surface area contributed by atoms with Crippen LogP contribution in [-0.4, -0.2) is 28.1 Å². The monoisotopic (exact) mass is 204 g/mol. The minimum Gasteiger partial charge on any atom is -0.412 e. The largest absolute Gasteiger partial charge is 0.412 e. The summed E-state index contributed by atoms with van der Waals surface area (Å²) >= 11 is 0. The summed E-state index contributed by atoms with van der Waals surface area (Å²) in [5.41, 5.74) is 0. The van der Waals surface area contributed by atoms with Gasteiger partial charge < -0.3 is 9.16 Å². The minimum atomic E-state index is -1.59. The van der Waals surface area contributed by atoms with Gasteiger partial charge in [0.15, 0.2) is 8.32 Å². The van der Waals surface area contributed by atoms with Crippen LogP contribution in [0.4, 0.5) is 0 Å². The van der Waals surface area contributed by atoms with Crippen LogP contribution in [0.25, 0.3) is 0 Å². The third kappa shape index (κ3) is 4.25. The second-order valence-corrected chi connectivity index (χ2v) is 9.90. The van der Waals surface area contributed by atoms with Gasteiger partial charge >= 0.3 is 0 Å². The zero-order valence-corrected chi connectivity index (χ0v) is 11.1. The summed E-state index contributed by atoms with van der Waals surface area (Å²) in [5, 5.41) is 0.287. The molecule has 0 bridgehead atoms. The van der Waals surface area contributed by atoms with E-state index >= 15 is 0 Å². The van der Waals surface area contributed by atoms with Crippen molar-refractivity contribution in [3.63, 3.8) is 0 Å². The van der Waals surface area contributed by atoms with E-state index in [4.69, 9.17) is 9.16 Å². The zero-order valence-electron chi connectivity index (χ0n) is 10.1. The molecule has 0 aromatic rings. The first-order valence-corrected chi connectivity index (χ1v) is 7.78. The van der Waals surface area contributed by atoms with Crippen LogP contribution in [0.15, 0.2) is 0 Å². The molecule has 2 nitrogen and oxygen atoms in total. The first-order chi connectivity index (χ1) is 5.70. The maximum Gasteiger partial charge on any atom is 0.192 e. The van der Waals surface area contributed by atoms with Gasteiger partial charge in [-0.05, 0) is 25.1 Å². The molecule has 0 saturated heterocycles. The van der Waals surface area contributed by atoms with Crippen molar-refractivity contribution in [3.05, 3.63) is 0 Å². The Kier molecular flexibility index (Phi) is 4.62. The molecule has 0 rings (SSSR count). The van der Waals surface area contributed by atoms with Crippen molar-refractivity contribution in [1.29, 1.82) is 0 Å². The predicted octanol–water partition coefficient (Wildman–Crippen LogP) is 3.04. The van der Waals surface area contributed by atoms with Gasteiger partial charge in [0.05, 0.1) is 12.7 Å². The molecular formula is C10H24O2Si. The first-order valence-electron chi connectivity index (χ1n) is 4.87. The Hall–Kier alpha value is 0.137. The van der Waals surface area contributed by atoms with Crippen LogP contribution in [0.2, 0.25) is 18.1 Å². The molecule has 0 aromatic carbocycles. The van der Waals surface area contributed by atoms with Gasteiger partial charge in [0.1, 0.15) is 0 Å². The molecule has 0 aromatic heterocycles. The highest BCUT2D eigenvalue weighted by molar-refractivity contribution is 6.74. The number of methoxy groups -OCH3 is 1. The number of hydrogen-bond donors (Lipinski definition) is 0. The third-order valence-electron chi connectivity index (χ3n) is 2.70. The van der Waals surface area contributed by atoms with Gasteiger partial charge in [-0.3, -0.25) is 0 Å². The van der Waals surface area contributed by atoms with Crippen LogP contribution in [0, 0.1) is 0 Å². The summed E-state index contributed by atoms with van der Waals surface area (Å²) in [7, 11) is 0.129. The van der Waals surface area contributed by atoms with E-state index in [1.54, 1.807) is 7.11 Å². The maximum absolute atomic E-state index is 6.06. The Morgan fingerprint density at radius 1 is 1.23 bits per heavy atom. The Morgan fingerprint density at radius 3 is 2.00 bits per heavy atom. The fourth-order valence-corrected chi connectivity index (χ4v) is 2.38. The smallest absolute Gasteiger partial charge is 0.192 e. The molecule has 0 spiro atoms. The Balaban J connectivity index is 4.17. The highest BCUT2D eigenvalue weighted by Crippen LogP contribution is 2.37. The van der Waals surface area contributed by atoms with Crippen molar-refractivity contribution in [2.75, 3.05) is 13.7 Å². The summed E-state index contributed by atoms with van der Waals surface area (Å²) in [6, 6.07) is 0.